The minimum atomic E-state index is -3.88. The molecule has 2 rings (SSSR count). The molecule has 114 valence electrons. The Kier molecular flexibility index (Phi) is 3.66. The molecule has 0 saturated carbocycles. The maximum absolute atomic E-state index is 13.3. The first-order valence-electron chi connectivity index (χ1n) is 6.22. The van der Waals surface area contributed by atoms with Crippen LogP contribution in [0.5, 0.6) is 0 Å². The lowest BCUT2D eigenvalue weighted by atomic mass is 10.1. The van der Waals surface area contributed by atoms with E-state index in [1.165, 1.54) is 16.8 Å². The second-order valence-corrected chi connectivity index (χ2v) is 6.56. The molecule has 0 saturated heterocycles. The molecule has 1 heterocycles. The van der Waals surface area contributed by atoms with Gasteiger partial charge in [-0.1, -0.05) is 0 Å². The van der Waals surface area contributed by atoms with Crippen molar-refractivity contribution in [3.05, 3.63) is 34.8 Å². The molecular formula is C13H17FN4O2S. The van der Waals surface area contributed by atoms with Crippen LogP contribution in [0.25, 0.3) is 0 Å². The lowest BCUT2D eigenvalue weighted by molar-refractivity contribution is 0.596. The van der Waals surface area contributed by atoms with E-state index in [0.717, 1.165) is 0 Å². The van der Waals surface area contributed by atoms with Gasteiger partial charge in [0.05, 0.1) is 16.3 Å². The average molecular weight is 312 g/mol. The Morgan fingerprint density at radius 3 is 2.19 bits per heavy atom. The highest BCUT2D eigenvalue weighted by atomic mass is 32.2. The van der Waals surface area contributed by atoms with Crippen LogP contribution < -0.4 is 10.5 Å². The van der Waals surface area contributed by atoms with Crippen molar-refractivity contribution in [1.29, 1.82) is 0 Å². The summed E-state index contributed by atoms with van der Waals surface area (Å²) in [6, 6.07) is 2.36. The Labute approximate surface area is 122 Å². The minimum absolute atomic E-state index is 0.0437. The molecule has 0 amide bonds. The summed E-state index contributed by atoms with van der Waals surface area (Å²) in [4.78, 5) is 0.0437. The van der Waals surface area contributed by atoms with Crippen molar-refractivity contribution in [3.63, 3.8) is 0 Å². The van der Waals surface area contributed by atoms with E-state index in [-0.39, 0.29) is 16.4 Å². The Bertz CT molecular complexity index is 789. The Morgan fingerprint density at radius 1 is 1.24 bits per heavy atom. The molecular weight excluding hydrogens is 295 g/mol. The molecule has 2 aromatic rings. The fraction of sp³-hybridized carbons (Fsp3) is 0.308. The van der Waals surface area contributed by atoms with E-state index in [2.05, 4.69) is 9.82 Å². The summed E-state index contributed by atoms with van der Waals surface area (Å²) in [6.45, 7) is 4.77. The van der Waals surface area contributed by atoms with Gasteiger partial charge in [0, 0.05) is 7.05 Å². The van der Waals surface area contributed by atoms with Gasteiger partial charge in [-0.25, -0.2) is 17.5 Å². The number of nitrogens with one attached hydrogen (secondary N) is 1. The molecule has 1 aromatic heterocycles. The third-order valence-corrected chi connectivity index (χ3v) is 4.84. The van der Waals surface area contributed by atoms with E-state index in [0.29, 0.717) is 16.8 Å². The lowest BCUT2D eigenvalue weighted by Gasteiger charge is -2.13. The quantitative estimate of drug-likeness (QED) is 0.905. The standard InChI is InChI=1S/C13H17FN4O2S/c1-7-5-10(14)6-8(2)12(7)21(19,20)17-13-11(15)9(3)16-18(13)4/h5-6,17H,15H2,1-4H3. The predicted octanol–water partition coefficient (Wildman–Crippen LogP) is 1.87. The summed E-state index contributed by atoms with van der Waals surface area (Å²) in [5.41, 5.74) is 7.27. The number of sulfonamides is 1. The number of nitrogen functional groups attached to an aromatic ring is 1. The number of nitrogens with zero attached hydrogens (tertiary/aromatic N) is 2. The van der Waals surface area contributed by atoms with Crippen molar-refractivity contribution in [2.45, 2.75) is 25.7 Å². The number of hydrogen-bond donors (Lipinski definition) is 2. The maximum atomic E-state index is 13.3. The molecule has 0 atom stereocenters. The average Bonchev–Trinajstić information content (AvgIpc) is 2.53. The normalized spacial score (nSPS) is 11.7. The highest BCUT2D eigenvalue weighted by Crippen LogP contribution is 2.27. The van der Waals surface area contributed by atoms with Gasteiger partial charge in [0.2, 0.25) is 0 Å². The van der Waals surface area contributed by atoms with Crippen LogP contribution in [0.15, 0.2) is 17.0 Å². The summed E-state index contributed by atoms with van der Waals surface area (Å²) in [5, 5.41) is 4.05. The third-order valence-electron chi connectivity index (χ3n) is 3.19. The number of aryl methyl sites for hydroxylation is 4. The first-order valence-corrected chi connectivity index (χ1v) is 7.70. The van der Waals surface area contributed by atoms with Gasteiger partial charge in [0.25, 0.3) is 10.0 Å². The van der Waals surface area contributed by atoms with Crippen LogP contribution in [0.2, 0.25) is 0 Å². The topological polar surface area (TPSA) is 90.0 Å². The van der Waals surface area contributed by atoms with Crippen LogP contribution >= 0.6 is 0 Å². The van der Waals surface area contributed by atoms with Gasteiger partial charge >= 0.3 is 0 Å². The number of anilines is 2. The van der Waals surface area contributed by atoms with Gasteiger partial charge in [0.1, 0.15) is 5.82 Å². The summed E-state index contributed by atoms with van der Waals surface area (Å²) in [5.74, 6) is -0.282. The molecule has 0 unspecified atom stereocenters. The van der Waals surface area contributed by atoms with Gasteiger partial charge in [-0.15, -0.1) is 0 Å². The van der Waals surface area contributed by atoms with E-state index in [4.69, 9.17) is 5.73 Å². The van der Waals surface area contributed by atoms with Crippen LogP contribution in [0, 0.1) is 26.6 Å². The van der Waals surface area contributed by atoms with Crippen molar-refractivity contribution in [2.24, 2.45) is 7.05 Å². The van der Waals surface area contributed by atoms with Gasteiger partial charge in [-0.2, -0.15) is 5.10 Å². The van der Waals surface area contributed by atoms with Crippen LogP contribution in [0.1, 0.15) is 16.8 Å². The fourth-order valence-corrected chi connectivity index (χ4v) is 3.86. The summed E-state index contributed by atoms with van der Waals surface area (Å²) in [7, 11) is -2.29. The molecule has 6 nitrogen and oxygen atoms in total. The van der Waals surface area contributed by atoms with Gasteiger partial charge < -0.3 is 5.73 Å². The van der Waals surface area contributed by atoms with E-state index in [9.17, 15) is 12.8 Å². The second kappa shape index (κ2) is 5.03. The van der Waals surface area contributed by atoms with E-state index < -0.39 is 15.8 Å². The Hall–Kier alpha value is -2.09. The number of nitrogens with two attached hydrogens (primary N) is 1. The van der Waals surface area contributed by atoms with Crippen molar-refractivity contribution < 1.29 is 12.8 Å². The number of rotatable bonds is 3. The van der Waals surface area contributed by atoms with E-state index in [1.807, 2.05) is 0 Å². The lowest BCUT2D eigenvalue weighted by Crippen LogP contribution is -2.18. The Morgan fingerprint density at radius 2 is 1.76 bits per heavy atom. The fourth-order valence-electron chi connectivity index (χ4n) is 2.30. The molecule has 3 N–H and O–H groups in total. The zero-order valence-corrected chi connectivity index (χ0v) is 13.0. The third kappa shape index (κ3) is 2.71. The molecule has 0 aliphatic carbocycles. The molecule has 0 fully saturated rings. The van der Waals surface area contributed by atoms with Crippen molar-refractivity contribution in [2.75, 3.05) is 10.5 Å². The number of benzene rings is 1. The Balaban J connectivity index is 2.54. The molecule has 21 heavy (non-hydrogen) atoms. The number of aromatic nitrogens is 2. The molecule has 8 heteroatoms. The SMILES string of the molecule is Cc1cc(F)cc(C)c1S(=O)(=O)Nc1c(N)c(C)nn1C. The highest BCUT2D eigenvalue weighted by Gasteiger charge is 2.23. The first kappa shape index (κ1) is 15.3. The van der Waals surface area contributed by atoms with Gasteiger partial charge in [-0.3, -0.25) is 4.72 Å². The smallest absolute Gasteiger partial charge is 0.263 e. The summed E-state index contributed by atoms with van der Waals surface area (Å²) in [6.07, 6.45) is 0. The number of hydrogen-bond acceptors (Lipinski definition) is 4. The first-order chi connectivity index (χ1) is 9.63. The van der Waals surface area contributed by atoms with Crippen LogP contribution in [0.3, 0.4) is 0 Å². The molecule has 0 spiro atoms. The van der Waals surface area contributed by atoms with E-state index >= 15 is 0 Å². The largest absolute Gasteiger partial charge is 0.394 e. The monoisotopic (exact) mass is 312 g/mol. The van der Waals surface area contributed by atoms with Crippen LogP contribution in [0.4, 0.5) is 15.9 Å². The van der Waals surface area contributed by atoms with Crippen molar-refractivity contribution in [1.82, 2.24) is 9.78 Å². The van der Waals surface area contributed by atoms with Crippen molar-refractivity contribution in [3.8, 4) is 0 Å². The van der Waals surface area contributed by atoms with Gasteiger partial charge in [0.15, 0.2) is 5.82 Å². The minimum Gasteiger partial charge on any atom is -0.394 e. The van der Waals surface area contributed by atoms with E-state index in [1.54, 1.807) is 27.8 Å². The molecule has 0 aliphatic rings. The second-order valence-electron chi connectivity index (χ2n) is 4.95. The van der Waals surface area contributed by atoms with Crippen LogP contribution in [-0.4, -0.2) is 18.2 Å². The zero-order chi connectivity index (χ0) is 15.9. The van der Waals surface area contributed by atoms with Crippen LogP contribution in [-0.2, 0) is 17.1 Å². The highest BCUT2D eigenvalue weighted by molar-refractivity contribution is 7.92. The molecule has 0 bridgehead atoms. The summed E-state index contributed by atoms with van der Waals surface area (Å²) >= 11 is 0. The van der Waals surface area contributed by atoms with Gasteiger partial charge in [-0.05, 0) is 44.0 Å². The predicted molar refractivity (Wildman–Crippen MR) is 79.0 cm³/mol. The molecule has 1 aromatic carbocycles. The summed E-state index contributed by atoms with van der Waals surface area (Å²) < 4.78 is 42.2. The number of halogens is 1. The molecule has 0 radical (unpaired) electrons. The molecule has 0 aliphatic heterocycles. The maximum Gasteiger partial charge on any atom is 0.263 e. The van der Waals surface area contributed by atoms with Crippen molar-refractivity contribution >= 4 is 21.5 Å². The zero-order valence-electron chi connectivity index (χ0n) is 12.2.